The summed E-state index contributed by atoms with van der Waals surface area (Å²) in [6.45, 7) is 4.55. The van der Waals surface area contributed by atoms with E-state index in [1.54, 1.807) is 24.5 Å². The molecule has 0 saturated heterocycles. The number of hydrogen-bond acceptors (Lipinski definition) is 4. The zero-order valence-electron chi connectivity index (χ0n) is 14.2. The predicted molar refractivity (Wildman–Crippen MR) is 92.0 cm³/mol. The Labute approximate surface area is 146 Å². The van der Waals surface area contributed by atoms with Gasteiger partial charge >= 0.3 is 5.97 Å². The van der Waals surface area contributed by atoms with Gasteiger partial charge in [0.2, 0.25) is 0 Å². The minimum atomic E-state index is -0.374. The fraction of sp³-hybridized carbons (Fsp3) is 0.200. The first kappa shape index (κ1) is 16.6. The third-order valence-electron chi connectivity index (χ3n) is 4.11. The Kier molecular flexibility index (Phi) is 4.71. The first-order valence-corrected chi connectivity index (χ1v) is 7.93. The van der Waals surface area contributed by atoms with Gasteiger partial charge in [0, 0.05) is 11.4 Å². The van der Waals surface area contributed by atoms with E-state index in [-0.39, 0.29) is 12.6 Å². The Balaban J connectivity index is 1.73. The molecule has 0 aliphatic carbocycles. The van der Waals surface area contributed by atoms with E-state index >= 15 is 0 Å². The molecule has 0 unspecified atom stereocenters. The molecular formula is C20H18N2O3. The van der Waals surface area contributed by atoms with Crippen LogP contribution in [0.5, 0.6) is 0 Å². The van der Waals surface area contributed by atoms with Crippen molar-refractivity contribution in [3.05, 3.63) is 82.6 Å². The Morgan fingerprint density at radius 1 is 1.24 bits per heavy atom. The molecule has 3 rings (SSSR count). The highest BCUT2D eigenvalue weighted by atomic mass is 16.5. The third kappa shape index (κ3) is 3.64. The third-order valence-corrected chi connectivity index (χ3v) is 4.11. The summed E-state index contributed by atoms with van der Waals surface area (Å²) in [6.07, 6.45) is 1.63. The maximum Gasteiger partial charge on any atom is 0.340 e. The number of aromatic nitrogens is 1. The zero-order valence-corrected chi connectivity index (χ0v) is 14.2. The average Bonchev–Trinajstić information content (AvgIpc) is 3.23. The lowest BCUT2D eigenvalue weighted by molar-refractivity contribution is 0.0471. The van der Waals surface area contributed by atoms with Crippen LogP contribution in [0.25, 0.3) is 0 Å². The second-order valence-electron chi connectivity index (χ2n) is 5.84. The van der Waals surface area contributed by atoms with E-state index in [0.717, 1.165) is 22.7 Å². The van der Waals surface area contributed by atoms with Gasteiger partial charge in [-0.15, -0.1) is 0 Å². The minimum absolute atomic E-state index is 0.135. The SMILES string of the molecule is Cc1cc(C(=O)OCc2cccc(C#N)c2)c(C)n1Cc1ccco1. The van der Waals surface area contributed by atoms with E-state index in [9.17, 15) is 4.79 Å². The molecule has 0 N–H and O–H groups in total. The zero-order chi connectivity index (χ0) is 17.8. The minimum Gasteiger partial charge on any atom is -0.467 e. The topological polar surface area (TPSA) is 68.2 Å². The molecule has 2 heterocycles. The van der Waals surface area contributed by atoms with Crippen molar-refractivity contribution >= 4 is 5.97 Å². The Morgan fingerprint density at radius 2 is 2.08 bits per heavy atom. The van der Waals surface area contributed by atoms with Gasteiger partial charge in [0.25, 0.3) is 0 Å². The van der Waals surface area contributed by atoms with Gasteiger partial charge < -0.3 is 13.7 Å². The van der Waals surface area contributed by atoms with Crippen LogP contribution in [-0.2, 0) is 17.9 Å². The number of carbonyl (C=O) groups is 1. The summed E-state index contributed by atoms with van der Waals surface area (Å²) in [5, 5.41) is 8.92. The first-order valence-electron chi connectivity index (χ1n) is 7.93. The normalized spacial score (nSPS) is 10.4. The maximum atomic E-state index is 12.4. The smallest absolute Gasteiger partial charge is 0.340 e. The monoisotopic (exact) mass is 334 g/mol. The summed E-state index contributed by atoms with van der Waals surface area (Å²) in [6, 6.07) is 14.7. The van der Waals surface area contributed by atoms with Gasteiger partial charge in [0.1, 0.15) is 12.4 Å². The van der Waals surface area contributed by atoms with Gasteiger partial charge in [-0.3, -0.25) is 0 Å². The number of carbonyl (C=O) groups excluding carboxylic acids is 1. The van der Waals surface area contributed by atoms with Crippen LogP contribution in [0.15, 0.2) is 53.1 Å². The van der Waals surface area contributed by atoms with Crippen molar-refractivity contribution in [2.75, 3.05) is 0 Å². The number of nitrogens with zero attached hydrogens (tertiary/aromatic N) is 2. The van der Waals surface area contributed by atoms with Gasteiger partial charge in [0.15, 0.2) is 0 Å². The summed E-state index contributed by atoms with van der Waals surface area (Å²) in [4.78, 5) is 12.4. The summed E-state index contributed by atoms with van der Waals surface area (Å²) < 4.78 is 12.8. The Bertz CT molecular complexity index is 931. The van der Waals surface area contributed by atoms with Crippen molar-refractivity contribution in [3.8, 4) is 6.07 Å². The molecule has 0 aliphatic heterocycles. The quantitative estimate of drug-likeness (QED) is 0.662. The van der Waals surface area contributed by atoms with Gasteiger partial charge in [-0.2, -0.15) is 5.26 Å². The summed E-state index contributed by atoms with van der Waals surface area (Å²) >= 11 is 0. The molecule has 1 aromatic carbocycles. The molecule has 0 saturated carbocycles. The summed E-state index contributed by atoms with van der Waals surface area (Å²) in [5.74, 6) is 0.455. The second-order valence-corrected chi connectivity index (χ2v) is 5.84. The van der Waals surface area contributed by atoms with Crippen LogP contribution in [-0.4, -0.2) is 10.5 Å². The van der Waals surface area contributed by atoms with E-state index in [0.29, 0.717) is 17.7 Å². The van der Waals surface area contributed by atoms with Crippen LogP contribution in [0.4, 0.5) is 0 Å². The lowest BCUT2D eigenvalue weighted by atomic mass is 10.1. The largest absolute Gasteiger partial charge is 0.467 e. The molecule has 0 aliphatic rings. The number of esters is 1. The van der Waals surface area contributed by atoms with E-state index in [2.05, 4.69) is 6.07 Å². The molecule has 0 radical (unpaired) electrons. The Morgan fingerprint density at radius 3 is 2.80 bits per heavy atom. The second kappa shape index (κ2) is 7.10. The van der Waals surface area contributed by atoms with Crippen LogP contribution < -0.4 is 0 Å². The van der Waals surface area contributed by atoms with E-state index in [1.165, 1.54) is 0 Å². The maximum absolute atomic E-state index is 12.4. The first-order chi connectivity index (χ1) is 12.1. The lowest BCUT2D eigenvalue weighted by Gasteiger charge is -2.08. The van der Waals surface area contributed by atoms with Gasteiger partial charge in [-0.05, 0) is 49.7 Å². The standard InChI is InChI=1S/C20H18N2O3/c1-14-9-19(15(2)22(14)12-18-7-4-8-24-18)20(23)25-13-17-6-3-5-16(10-17)11-21/h3-10H,12-13H2,1-2H3. The van der Waals surface area contributed by atoms with Crippen LogP contribution in [0.2, 0.25) is 0 Å². The highest BCUT2D eigenvalue weighted by Gasteiger charge is 2.17. The Hall–Kier alpha value is -3.26. The van der Waals surface area contributed by atoms with Crippen LogP contribution in [0.3, 0.4) is 0 Å². The van der Waals surface area contributed by atoms with Crippen LogP contribution in [0, 0.1) is 25.2 Å². The molecule has 3 aromatic rings. The summed E-state index contributed by atoms with van der Waals surface area (Å²) in [5.41, 5.74) is 3.68. The van der Waals surface area contributed by atoms with Gasteiger partial charge in [-0.25, -0.2) is 4.79 Å². The molecule has 25 heavy (non-hydrogen) atoms. The van der Waals surface area contributed by atoms with Crippen molar-refractivity contribution in [1.29, 1.82) is 5.26 Å². The van der Waals surface area contributed by atoms with E-state index < -0.39 is 0 Å². The molecule has 5 heteroatoms. The molecule has 0 amide bonds. The molecule has 0 bridgehead atoms. The molecular weight excluding hydrogens is 316 g/mol. The highest BCUT2D eigenvalue weighted by molar-refractivity contribution is 5.91. The lowest BCUT2D eigenvalue weighted by Crippen LogP contribution is -2.08. The highest BCUT2D eigenvalue weighted by Crippen LogP contribution is 2.19. The predicted octanol–water partition coefficient (Wildman–Crippen LogP) is 3.97. The van der Waals surface area contributed by atoms with Crippen molar-refractivity contribution < 1.29 is 13.9 Å². The molecule has 0 fully saturated rings. The number of rotatable bonds is 5. The number of aryl methyl sites for hydroxylation is 1. The number of nitriles is 1. The number of hydrogen-bond donors (Lipinski definition) is 0. The van der Waals surface area contributed by atoms with Crippen molar-refractivity contribution in [3.63, 3.8) is 0 Å². The fourth-order valence-corrected chi connectivity index (χ4v) is 2.77. The molecule has 0 atom stereocenters. The van der Waals surface area contributed by atoms with Crippen LogP contribution >= 0.6 is 0 Å². The van der Waals surface area contributed by atoms with E-state index in [1.807, 2.05) is 42.7 Å². The van der Waals surface area contributed by atoms with Crippen molar-refractivity contribution in [2.45, 2.75) is 27.0 Å². The summed E-state index contributed by atoms with van der Waals surface area (Å²) in [7, 11) is 0. The number of benzene rings is 1. The van der Waals surface area contributed by atoms with E-state index in [4.69, 9.17) is 14.4 Å². The molecule has 2 aromatic heterocycles. The molecule has 5 nitrogen and oxygen atoms in total. The van der Waals surface area contributed by atoms with Gasteiger partial charge in [0.05, 0.1) is 30.0 Å². The average molecular weight is 334 g/mol. The van der Waals surface area contributed by atoms with Gasteiger partial charge in [-0.1, -0.05) is 12.1 Å². The van der Waals surface area contributed by atoms with Crippen molar-refractivity contribution in [1.82, 2.24) is 4.57 Å². The molecule has 126 valence electrons. The molecule has 0 spiro atoms. The van der Waals surface area contributed by atoms with Crippen LogP contribution in [0.1, 0.15) is 38.6 Å². The van der Waals surface area contributed by atoms with Crippen molar-refractivity contribution in [2.24, 2.45) is 0 Å². The fourth-order valence-electron chi connectivity index (χ4n) is 2.77. The number of ether oxygens (including phenoxy) is 1. The number of furan rings is 1.